The number of fused-ring (bicyclic) bond motifs is 1. The predicted octanol–water partition coefficient (Wildman–Crippen LogP) is 3.34. The number of hydrogen-bond acceptors (Lipinski definition) is 3. The second-order valence-corrected chi connectivity index (χ2v) is 4.58. The van der Waals surface area contributed by atoms with Gasteiger partial charge in [0.15, 0.2) is 0 Å². The Morgan fingerprint density at radius 3 is 2.68 bits per heavy atom. The van der Waals surface area contributed by atoms with Crippen LogP contribution in [-0.4, -0.2) is 17.6 Å². The summed E-state index contributed by atoms with van der Waals surface area (Å²) in [5.74, 6) is -0.588. The molecule has 0 fully saturated rings. The largest absolute Gasteiger partial charge is 0.462 e. The summed E-state index contributed by atoms with van der Waals surface area (Å²) in [5.41, 5.74) is 0.489. The molecule has 0 spiro atoms. The first-order chi connectivity index (χ1) is 9.15. The zero-order chi connectivity index (χ0) is 14.4. The molecule has 0 atom stereocenters. The van der Waals surface area contributed by atoms with Gasteiger partial charge in [0.1, 0.15) is 5.56 Å². The average Bonchev–Trinajstić information content (AvgIpc) is 2.42. The molecule has 0 aliphatic heterocycles. The third-order valence-electron chi connectivity index (χ3n) is 2.36. The number of esters is 1. The van der Waals surface area contributed by atoms with E-state index in [4.69, 9.17) is 4.74 Å². The molecule has 0 saturated carbocycles. The SMILES string of the molecule is CC.CCOC(=O)c1c[nH]c2c(I)cccc2c1=O. The molecule has 1 N–H and O–H groups in total. The van der Waals surface area contributed by atoms with Gasteiger partial charge in [-0.25, -0.2) is 4.79 Å². The first-order valence-electron chi connectivity index (χ1n) is 6.12. The van der Waals surface area contributed by atoms with E-state index in [-0.39, 0.29) is 17.6 Å². The lowest BCUT2D eigenvalue weighted by Crippen LogP contribution is -2.18. The minimum absolute atomic E-state index is 0.0429. The van der Waals surface area contributed by atoms with E-state index in [0.29, 0.717) is 5.39 Å². The third kappa shape index (κ3) is 3.34. The van der Waals surface area contributed by atoms with Gasteiger partial charge in [0.05, 0.1) is 12.1 Å². The number of hydrogen-bond donors (Lipinski definition) is 1. The van der Waals surface area contributed by atoms with Crippen LogP contribution >= 0.6 is 22.6 Å². The van der Waals surface area contributed by atoms with Crippen molar-refractivity contribution in [3.8, 4) is 0 Å². The number of nitrogens with one attached hydrogen (secondary N) is 1. The number of aromatic amines is 1. The summed E-state index contributed by atoms with van der Waals surface area (Å²) in [5, 5.41) is 0.502. The summed E-state index contributed by atoms with van der Waals surface area (Å²) < 4.78 is 5.76. The van der Waals surface area contributed by atoms with Crippen molar-refractivity contribution in [2.75, 3.05) is 6.61 Å². The van der Waals surface area contributed by atoms with E-state index in [9.17, 15) is 9.59 Å². The average molecular weight is 373 g/mol. The highest BCUT2D eigenvalue weighted by molar-refractivity contribution is 14.1. The second-order valence-electron chi connectivity index (χ2n) is 3.41. The summed E-state index contributed by atoms with van der Waals surface area (Å²) in [6.07, 6.45) is 1.41. The van der Waals surface area contributed by atoms with Crippen LogP contribution in [0.15, 0.2) is 29.2 Å². The van der Waals surface area contributed by atoms with Crippen LogP contribution in [0.4, 0.5) is 0 Å². The lowest BCUT2D eigenvalue weighted by molar-refractivity contribution is 0.0524. The van der Waals surface area contributed by atoms with Gasteiger partial charge in [0.25, 0.3) is 0 Å². The molecule has 0 amide bonds. The Bertz CT molecular complexity index is 634. The number of halogens is 1. The van der Waals surface area contributed by atoms with E-state index in [2.05, 4.69) is 27.6 Å². The second kappa shape index (κ2) is 7.28. The van der Waals surface area contributed by atoms with Gasteiger partial charge in [0.2, 0.25) is 5.43 Å². The number of carbonyl (C=O) groups is 1. The lowest BCUT2D eigenvalue weighted by atomic mass is 10.1. The van der Waals surface area contributed by atoms with Crippen molar-refractivity contribution in [1.29, 1.82) is 0 Å². The predicted molar refractivity (Wildman–Crippen MR) is 84.6 cm³/mol. The normalized spacial score (nSPS) is 9.68. The van der Waals surface area contributed by atoms with Crippen molar-refractivity contribution in [2.45, 2.75) is 20.8 Å². The maximum Gasteiger partial charge on any atom is 0.343 e. The van der Waals surface area contributed by atoms with Crippen molar-refractivity contribution >= 4 is 39.5 Å². The zero-order valence-electron chi connectivity index (χ0n) is 11.1. The maximum atomic E-state index is 12.1. The molecule has 2 rings (SSSR count). The van der Waals surface area contributed by atoms with Crippen molar-refractivity contribution < 1.29 is 9.53 Å². The Balaban J connectivity index is 0.000000861. The molecule has 0 radical (unpaired) electrons. The highest BCUT2D eigenvalue weighted by atomic mass is 127. The number of para-hydroxylation sites is 1. The third-order valence-corrected chi connectivity index (χ3v) is 3.26. The van der Waals surface area contributed by atoms with Crippen molar-refractivity contribution in [3.63, 3.8) is 0 Å². The van der Waals surface area contributed by atoms with E-state index in [0.717, 1.165) is 9.09 Å². The van der Waals surface area contributed by atoms with E-state index >= 15 is 0 Å². The van der Waals surface area contributed by atoms with E-state index in [1.165, 1.54) is 6.20 Å². The molecule has 0 saturated heterocycles. The molecule has 19 heavy (non-hydrogen) atoms. The van der Waals surface area contributed by atoms with Crippen LogP contribution in [0.2, 0.25) is 0 Å². The summed E-state index contributed by atoms with van der Waals surface area (Å²) in [6.45, 7) is 5.96. The molecule has 2 aromatic rings. The van der Waals surface area contributed by atoms with Crippen molar-refractivity contribution in [3.05, 3.63) is 43.8 Å². The minimum Gasteiger partial charge on any atom is -0.462 e. The Hall–Kier alpha value is -1.37. The van der Waals surface area contributed by atoms with Crippen LogP contribution < -0.4 is 5.43 Å². The van der Waals surface area contributed by atoms with Crippen LogP contribution in [0.3, 0.4) is 0 Å². The molecular formula is C14H16INO3. The highest BCUT2D eigenvalue weighted by Gasteiger charge is 2.14. The molecule has 0 aliphatic rings. The van der Waals surface area contributed by atoms with Gasteiger partial charge in [-0.2, -0.15) is 0 Å². The molecule has 0 unspecified atom stereocenters. The highest BCUT2D eigenvalue weighted by Crippen LogP contribution is 2.15. The lowest BCUT2D eigenvalue weighted by Gasteiger charge is -2.04. The summed E-state index contributed by atoms with van der Waals surface area (Å²) in [6, 6.07) is 5.37. The fourth-order valence-corrected chi connectivity index (χ4v) is 2.23. The molecule has 5 heteroatoms. The van der Waals surface area contributed by atoms with Gasteiger partial charge in [0, 0.05) is 15.2 Å². The van der Waals surface area contributed by atoms with Crippen LogP contribution in [-0.2, 0) is 4.74 Å². The first kappa shape index (κ1) is 15.7. The topological polar surface area (TPSA) is 59.2 Å². The summed E-state index contributed by atoms with van der Waals surface area (Å²) in [4.78, 5) is 26.6. The Kier molecular flexibility index (Phi) is 6.01. The Morgan fingerprint density at radius 2 is 2.05 bits per heavy atom. The van der Waals surface area contributed by atoms with Gasteiger partial charge in [-0.1, -0.05) is 19.9 Å². The molecule has 4 nitrogen and oxygen atoms in total. The van der Waals surface area contributed by atoms with Crippen LogP contribution in [0.1, 0.15) is 31.1 Å². The van der Waals surface area contributed by atoms with Gasteiger partial charge in [-0.3, -0.25) is 4.79 Å². The number of benzene rings is 1. The van der Waals surface area contributed by atoms with Crippen LogP contribution in [0, 0.1) is 3.57 Å². The van der Waals surface area contributed by atoms with E-state index in [1.54, 1.807) is 19.1 Å². The molecule has 1 heterocycles. The fourth-order valence-electron chi connectivity index (χ4n) is 1.58. The molecule has 1 aromatic heterocycles. The Labute approximate surface area is 125 Å². The number of pyridine rings is 1. The summed E-state index contributed by atoms with van der Waals surface area (Å²) in [7, 11) is 0. The molecular weight excluding hydrogens is 357 g/mol. The smallest absolute Gasteiger partial charge is 0.343 e. The number of aromatic nitrogens is 1. The number of ether oxygens (including phenoxy) is 1. The molecule has 102 valence electrons. The summed E-state index contributed by atoms with van der Waals surface area (Å²) >= 11 is 2.13. The molecule has 0 aliphatic carbocycles. The number of carbonyl (C=O) groups excluding carboxylic acids is 1. The first-order valence-corrected chi connectivity index (χ1v) is 7.20. The molecule has 0 bridgehead atoms. The van der Waals surface area contributed by atoms with Gasteiger partial charge in [-0.15, -0.1) is 0 Å². The quantitative estimate of drug-likeness (QED) is 0.649. The van der Waals surface area contributed by atoms with Crippen LogP contribution in [0.25, 0.3) is 10.9 Å². The standard InChI is InChI=1S/C12H10INO3.C2H6/c1-2-17-12(16)8-6-14-10-7(11(8)15)4-3-5-9(10)13;1-2/h3-6H,2H2,1H3,(H,14,15);1-2H3. The monoisotopic (exact) mass is 373 g/mol. The number of H-pyrrole nitrogens is 1. The van der Waals surface area contributed by atoms with Gasteiger partial charge >= 0.3 is 5.97 Å². The number of rotatable bonds is 2. The van der Waals surface area contributed by atoms with E-state index in [1.807, 2.05) is 19.9 Å². The van der Waals surface area contributed by atoms with Gasteiger partial charge < -0.3 is 9.72 Å². The van der Waals surface area contributed by atoms with E-state index < -0.39 is 5.97 Å². The maximum absolute atomic E-state index is 12.1. The van der Waals surface area contributed by atoms with Crippen molar-refractivity contribution in [2.24, 2.45) is 0 Å². The zero-order valence-corrected chi connectivity index (χ0v) is 13.3. The van der Waals surface area contributed by atoms with Gasteiger partial charge in [-0.05, 0) is 41.6 Å². The van der Waals surface area contributed by atoms with Crippen LogP contribution in [0.5, 0.6) is 0 Å². The Morgan fingerprint density at radius 1 is 1.37 bits per heavy atom. The van der Waals surface area contributed by atoms with Crippen molar-refractivity contribution in [1.82, 2.24) is 4.98 Å². The fraction of sp³-hybridized carbons (Fsp3) is 0.286. The molecule has 1 aromatic carbocycles. The minimum atomic E-state index is -0.588.